The summed E-state index contributed by atoms with van der Waals surface area (Å²) < 4.78 is 39.7. The van der Waals surface area contributed by atoms with Crippen LogP contribution in [0.1, 0.15) is 0 Å². The summed E-state index contributed by atoms with van der Waals surface area (Å²) in [6.45, 7) is 0. The molecule has 0 radical (unpaired) electrons. The van der Waals surface area contributed by atoms with Gasteiger partial charge in [0, 0.05) is 5.69 Å². The number of hydrogen-bond acceptors (Lipinski definition) is 4. The number of nitrogens with two attached hydrogens (primary N) is 1. The Morgan fingerprint density at radius 2 is 1.89 bits per heavy atom. The van der Waals surface area contributed by atoms with Crippen LogP contribution in [0.25, 0.3) is 0 Å². The molecule has 1 aromatic carbocycles. The van der Waals surface area contributed by atoms with Crippen molar-refractivity contribution in [1.82, 2.24) is 0 Å². The van der Waals surface area contributed by atoms with E-state index in [4.69, 9.17) is 28.9 Å². The van der Waals surface area contributed by atoms with Crippen molar-refractivity contribution >= 4 is 55.9 Å². The Kier molecular flexibility index (Phi) is 3.91. The van der Waals surface area contributed by atoms with E-state index in [0.29, 0.717) is 0 Å². The monoisotopic (exact) mass is 340 g/mol. The highest BCUT2D eigenvalue weighted by atomic mass is 35.5. The number of sulfonamides is 1. The van der Waals surface area contributed by atoms with E-state index >= 15 is 0 Å². The maximum Gasteiger partial charge on any atom is 0.264 e. The fourth-order valence-corrected chi connectivity index (χ4v) is 4.58. The highest BCUT2D eigenvalue weighted by molar-refractivity contribution is 7.93. The van der Waals surface area contributed by atoms with Gasteiger partial charge in [0.1, 0.15) is 15.0 Å². The van der Waals surface area contributed by atoms with Gasteiger partial charge in [-0.1, -0.05) is 23.2 Å². The Bertz CT molecular complexity index is 711. The first-order valence-electron chi connectivity index (χ1n) is 4.81. The van der Waals surface area contributed by atoms with Crippen LogP contribution in [0.5, 0.6) is 0 Å². The SMILES string of the molecule is Nc1cc(F)cc(NS(=O)(=O)c2cc(Cl)sc2Cl)c1. The van der Waals surface area contributed by atoms with E-state index in [1.165, 1.54) is 12.1 Å². The van der Waals surface area contributed by atoms with Gasteiger partial charge in [-0.05, 0) is 24.3 Å². The molecule has 0 spiro atoms. The highest BCUT2D eigenvalue weighted by Gasteiger charge is 2.21. The summed E-state index contributed by atoms with van der Waals surface area (Å²) in [6, 6.07) is 4.60. The molecule has 1 aromatic heterocycles. The van der Waals surface area contributed by atoms with E-state index in [9.17, 15) is 12.8 Å². The van der Waals surface area contributed by atoms with Crippen molar-refractivity contribution in [2.75, 3.05) is 10.5 Å². The van der Waals surface area contributed by atoms with Crippen molar-refractivity contribution in [2.24, 2.45) is 0 Å². The molecule has 0 fully saturated rings. The number of anilines is 2. The average molecular weight is 341 g/mol. The van der Waals surface area contributed by atoms with Crippen molar-refractivity contribution in [3.63, 3.8) is 0 Å². The van der Waals surface area contributed by atoms with Crippen LogP contribution in [0, 0.1) is 5.82 Å². The van der Waals surface area contributed by atoms with E-state index in [2.05, 4.69) is 4.72 Å². The van der Waals surface area contributed by atoms with Crippen molar-refractivity contribution in [3.05, 3.63) is 38.8 Å². The predicted octanol–water partition coefficient (Wildman–Crippen LogP) is 3.58. The summed E-state index contributed by atoms with van der Waals surface area (Å²) in [5.41, 5.74) is 5.54. The third-order valence-electron chi connectivity index (χ3n) is 2.09. The van der Waals surface area contributed by atoms with E-state index in [-0.39, 0.29) is 24.9 Å². The molecular weight excluding hydrogens is 334 g/mol. The smallest absolute Gasteiger partial charge is 0.264 e. The molecule has 102 valence electrons. The zero-order valence-corrected chi connectivity index (χ0v) is 12.3. The van der Waals surface area contributed by atoms with E-state index < -0.39 is 15.8 Å². The molecule has 9 heteroatoms. The zero-order chi connectivity index (χ0) is 14.2. The summed E-state index contributed by atoms with van der Waals surface area (Å²) in [6.07, 6.45) is 0. The second-order valence-corrected chi connectivity index (χ2v) is 7.50. The van der Waals surface area contributed by atoms with Gasteiger partial charge in [0.15, 0.2) is 0 Å². The molecule has 0 unspecified atom stereocenters. The lowest BCUT2D eigenvalue weighted by atomic mass is 10.3. The Morgan fingerprint density at radius 3 is 2.42 bits per heavy atom. The number of nitrogens with one attached hydrogen (secondary N) is 1. The van der Waals surface area contributed by atoms with Crippen LogP contribution in [0.15, 0.2) is 29.2 Å². The third-order valence-corrected chi connectivity index (χ3v) is 5.22. The third kappa shape index (κ3) is 3.30. The molecule has 0 bridgehead atoms. The summed E-state index contributed by atoms with van der Waals surface area (Å²) in [4.78, 5) is -0.160. The van der Waals surface area contributed by atoms with E-state index in [1.54, 1.807) is 0 Å². The number of nitrogen functional groups attached to an aromatic ring is 1. The fourth-order valence-electron chi connectivity index (χ4n) is 1.39. The molecule has 1 heterocycles. The topological polar surface area (TPSA) is 72.2 Å². The molecule has 0 aliphatic rings. The van der Waals surface area contributed by atoms with Gasteiger partial charge in [-0.15, -0.1) is 11.3 Å². The Balaban J connectivity index is 2.39. The molecular formula is C10H7Cl2FN2O2S2. The molecule has 0 saturated heterocycles. The van der Waals surface area contributed by atoms with Gasteiger partial charge < -0.3 is 5.73 Å². The van der Waals surface area contributed by atoms with Gasteiger partial charge in [-0.3, -0.25) is 4.72 Å². The van der Waals surface area contributed by atoms with E-state index in [1.807, 2.05) is 0 Å². The zero-order valence-electron chi connectivity index (χ0n) is 9.15. The predicted molar refractivity (Wildman–Crippen MR) is 76.0 cm³/mol. The first kappa shape index (κ1) is 14.4. The van der Waals surface area contributed by atoms with Gasteiger partial charge in [0.05, 0.1) is 10.0 Å². The van der Waals surface area contributed by atoms with Crippen LogP contribution < -0.4 is 10.5 Å². The molecule has 3 N–H and O–H groups in total. The normalized spacial score (nSPS) is 11.5. The number of benzene rings is 1. The van der Waals surface area contributed by atoms with Crippen molar-refractivity contribution in [1.29, 1.82) is 0 Å². The standard InChI is InChI=1S/C10H7Cl2FN2O2S2/c11-9-4-8(10(12)18-9)19(16,17)15-7-2-5(13)1-6(14)3-7/h1-4,15H,14H2. The van der Waals surface area contributed by atoms with Gasteiger partial charge in [-0.2, -0.15) is 0 Å². The van der Waals surface area contributed by atoms with Crippen LogP contribution >= 0.6 is 34.5 Å². The first-order valence-corrected chi connectivity index (χ1v) is 7.87. The average Bonchev–Trinajstić information content (AvgIpc) is 2.56. The summed E-state index contributed by atoms with van der Waals surface area (Å²) >= 11 is 12.4. The molecule has 4 nitrogen and oxygen atoms in total. The molecule has 2 aromatic rings. The number of thiophene rings is 1. The second kappa shape index (κ2) is 5.16. The Hall–Kier alpha value is -1.02. The van der Waals surface area contributed by atoms with Crippen LogP contribution in [0.4, 0.5) is 15.8 Å². The Morgan fingerprint density at radius 1 is 1.21 bits per heavy atom. The largest absolute Gasteiger partial charge is 0.399 e. The van der Waals surface area contributed by atoms with Crippen LogP contribution in [0.3, 0.4) is 0 Å². The fraction of sp³-hybridized carbons (Fsp3) is 0. The summed E-state index contributed by atoms with van der Waals surface area (Å²) in [5, 5.41) is 0. The van der Waals surface area contributed by atoms with Crippen molar-refractivity contribution in [2.45, 2.75) is 4.90 Å². The molecule has 19 heavy (non-hydrogen) atoms. The van der Waals surface area contributed by atoms with Gasteiger partial charge in [-0.25, -0.2) is 12.8 Å². The number of rotatable bonds is 3. The lowest BCUT2D eigenvalue weighted by molar-refractivity contribution is 0.601. The van der Waals surface area contributed by atoms with Crippen molar-refractivity contribution < 1.29 is 12.8 Å². The first-order chi connectivity index (χ1) is 8.78. The molecule has 0 amide bonds. The van der Waals surface area contributed by atoms with E-state index in [0.717, 1.165) is 23.5 Å². The highest BCUT2D eigenvalue weighted by Crippen LogP contribution is 2.35. The molecule has 0 aliphatic carbocycles. The molecule has 2 rings (SSSR count). The lowest BCUT2D eigenvalue weighted by Crippen LogP contribution is -2.12. The van der Waals surface area contributed by atoms with Gasteiger partial charge in [0.2, 0.25) is 0 Å². The Labute approximate surface area is 123 Å². The lowest BCUT2D eigenvalue weighted by Gasteiger charge is -2.08. The summed E-state index contributed by atoms with van der Waals surface area (Å²) in [5.74, 6) is -0.646. The number of hydrogen-bond donors (Lipinski definition) is 2. The van der Waals surface area contributed by atoms with Crippen molar-refractivity contribution in [3.8, 4) is 0 Å². The molecule has 0 saturated carbocycles. The molecule has 0 atom stereocenters. The van der Waals surface area contributed by atoms with Crippen LogP contribution in [-0.2, 0) is 10.0 Å². The maximum atomic E-state index is 13.1. The molecule has 0 aliphatic heterocycles. The number of halogens is 3. The quantitative estimate of drug-likeness (QED) is 0.838. The van der Waals surface area contributed by atoms with Crippen LogP contribution in [0.2, 0.25) is 8.67 Å². The minimum atomic E-state index is -3.93. The maximum absolute atomic E-state index is 13.1. The minimum absolute atomic E-state index is 0.0101. The second-order valence-electron chi connectivity index (χ2n) is 3.57. The summed E-state index contributed by atoms with van der Waals surface area (Å²) in [7, 11) is -3.93. The minimum Gasteiger partial charge on any atom is -0.399 e. The van der Waals surface area contributed by atoms with Gasteiger partial charge >= 0.3 is 0 Å². The van der Waals surface area contributed by atoms with Crippen LogP contribution in [-0.4, -0.2) is 8.42 Å². The van der Waals surface area contributed by atoms with Gasteiger partial charge in [0.25, 0.3) is 10.0 Å².